The maximum Gasteiger partial charge on any atom is 0.188 e. The number of ether oxygens (including phenoxy) is 1. The second kappa shape index (κ2) is 8.27. The highest BCUT2D eigenvalue weighted by molar-refractivity contribution is 7.61. The Kier molecular flexibility index (Phi) is 6.01. The van der Waals surface area contributed by atoms with Gasteiger partial charge in [-0.25, -0.2) is 23.7 Å². The Labute approximate surface area is 159 Å². The van der Waals surface area contributed by atoms with E-state index in [0.29, 0.717) is 33.8 Å². The largest absolute Gasteiger partial charge is 0.485 e. The van der Waals surface area contributed by atoms with Crippen molar-refractivity contribution in [3.63, 3.8) is 0 Å². The van der Waals surface area contributed by atoms with Crippen LogP contribution in [-0.4, -0.2) is 47.7 Å². The summed E-state index contributed by atoms with van der Waals surface area (Å²) >= 11 is 1.38. The van der Waals surface area contributed by atoms with Gasteiger partial charge in [-0.05, 0) is 31.5 Å². The van der Waals surface area contributed by atoms with Crippen LogP contribution < -0.4 is 10.1 Å². The molecule has 6 nitrogen and oxygen atoms in total. The average molecular weight is 412 g/mol. The maximum atomic E-state index is 12.7. The van der Waals surface area contributed by atoms with E-state index in [1.165, 1.54) is 17.7 Å². The van der Waals surface area contributed by atoms with Gasteiger partial charge in [0.05, 0.1) is 18.4 Å². The Morgan fingerprint density at radius 2 is 2.04 bits per heavy atom. The van der Waals surface area contributed by atoms with Gasteiger partial charge in [-0.1, -0.05) is 0 Å². The summed E-state index contributed by atoms with van der Waals surface area (Å²) < 4.78 is 42.7. The molecule has 0 fully saturated rings. The van der Waals surface area contributed by atoms with Crippen molar-refractivity contribution in [2.24, 2.45) is 0 Å². The van der Waals surface area contributed by atoms with Crippen LogP contribution in [0.4, 0.5) is 19.7 Å². The van der Waals surface area contributed by atoms with Crippen molar-refractivity contribution in [2.45, 2.75) is 12.3 Å². The van der Waals surface area contributed by atoms with E-state index in [0.717, 1.165) is 5.69 Å². The van der Waals surface area contributed by atoms with Crippen LogP contribution in [0.5, 0.6) is 5.75 Å². The third-order valence-electron chi connectivity index (χ3n) is 3.57. The SMILES string of the molecule is CP(C)(=O)Cc1csc(Nc2ncnc3ccc(OC(CF)CF)cc23)n1. The lowest BCUT2D eigenvalue weighted by atomic mass is 10.2. The van der Waals surface area contributed by atoms with Crippen LogP contribution in [0.2, 0.25) is 0 Å². The summed E-state index contributed by atoms with van der Waals surface area (Å²) in [6, 6.07) is 4.94. The molecule has 10 heteroatoms. The van der Waals surface area contributed by atoms with Crippen LogP contribution in [0.1, 0.15) is 5.69 Å². The standard InChI is InChI=1S/C17H19F2N4O2PS/c1-26(2,24)8-11-9-27-17(22-11)23-16-14-5-12(25-13(6-18)7-19)3-4-15(14)20-10-21-16/h3-5,9-10,13H,6-8H2,1-2H3,(H,20,21,22,23). The van der Waals surface area contributed by atoms with Gasteiger partial charge in [0, 0.05) is 16.9 Å². The Balaban J connectivity index is 1.86. The molecule has 0 spiro atoms. The van der Waals surface area contributed by atoms with Gasteiger partial charge < -0.3 is 14.6 Å². The van der Waals surface area contributed by atoms with Crippen LogP contribution in [-0.2, 0) is 10.7 Å². The Morgan fingerprint density at radius 1 is 1.26 bits per heavy atom. The zero-order valence-corrected chi connectivity index (χ0v) is 16.6. The molecule has 0 aliphatic carbocycles. The van der Waals surface area contributed by atoms with Gasteiger partial charge >= 0.3 is 0 Å². The summed E-state index contributed by atoms with van der Waals surface area (Å²) in [5, 5.41) is 6.22. The number of fused-ring (bicyclic) bond motifs is 1. The molecule has 3 rings (SSSR count). The Hall–Kier alpha value is -2.12. The molecule has 2 aromatic heterocycles. The third kappa shape index (κ3) is 5.20. The summed E-state index contributed by atoms with van der Waals surface area (Å²) in [6.45, 7) is 1.62. The monoisotopic (exact) mass is 412 g/mol. The number of hydrogen-bond donors (Lipinski definition) is 1. The molecule has 144 valence electrons. The number of hydrogen-bond acceptors (Lipinski definition) is 7. The second-order valence-corrected chi connectivity index (χ2v) is 10.8. The van der Waals surface area contributed by atoms with E-state index in [2.05, 4.69) is 20.3 Å². The van der Waals surface area contributed by atoms with Crippen molar-refractivity contribution < 1.29 is 18.1 Å². The fourth-order valence-corrected chi connectivity index (χ4v) is 4.21. The van der Waals surface area contributed by atoms with Crippen molar-refractivity contribution in [1.82, 2.24) is 15.0 Å². The highest BCUT2D eigenvalue weighted by Gasteiger charge is 2.14. The lowest BCUT2D eigenvalue weighted by molar-refractivity contribution is 0.134. The molecule has 3 aromatic rings. The minimum absolute atomic E-state index is 0.332. The molecule has 0 radical (unpaired) electrons. The molecule has 0 unspecified atom stereocenters. The molecule has 0 aliphatic rings. The molecule has 27 heavy (non-hydrogen) atoms. The molecule has 1 aromatic carbocycles. The molecule has 0 bridgehead atoms. The summed E-state index contributed by atoms with van der Waals surface area (Å²) in [6.07, 6.45) is 0.711. The molecule has 2 heterocycles. The first-order valence-electron chi connectivity index (χ1n) is 8.16. The maximum absolute atomic E-state index is 12.7. The van der Waals surface area contributed by atoms with Crippen molar-refractivity contribution in [2.75, 3.05) is 32.0 Å². The lowest BCUT2D eigenvalue weighted by Gasteiger charge is -2.13. The number of benzene rings is 1. The molecule has 1 N–H and O–H groups in total. The van der Waals surface area contributed by atoms with Crippen molar-refractivity contribution in [1.29, 1.82) is 0 Å². The van der Waals surface area contributed by atoms with Crippen LogP contribution >= 0.6 is 18.5 Å². The first kappa shape index (κ1) is 19.6. The average Bonchev–Trinajstić information content (AvgIpc) is 3.05. The molecule has 0 atom stereocenters. The molecular weight excluding hydrogens is 393 g/mol. The number of rotatable bonds is 8. The normalized spacial score (nSPS) is 11.9. The summed E-state index contributed by atoms with van der Waals surface area (Å²) in [5.41, 5.74) is 1.41. The van der Waals surface area contributed by atoms with Gasteiger partial charge in [0.15, 0.2) is 11.2 Å². The lowest BCUT2D eigenvalue weighted by Crippen LogP contribution is -2.21. The minimum Gasteiger partial charge on any atom is -0.485 e. The van der Waals surface area contributed by atoms with Crippen molar-refractivity contribution >= 4 is 40.3 Å². The topological polar surface area (TPSA) is 77.0 Å². The first-order valence-corrected chi connectivity index (χ1v) is 11.8. The summed E-state index contributed by atoms with van der Waals surface area (Å²) in [5.74, 6) is 0.831. The first-order chi connectivity index (χ1) is 12.9. The number of nitrogens with zero attached hydrogens (tertiary/aromatic N) is 3. The number of halogens is 2. The van der Waals surface area contributed by atoms with E-state index in [4.69, 9.17) is 4.74 Å². The number of alkyl halides is 2. The van der Waals surface area contributed by atoms with E-state index in [1.807, 2.05) is 5.38 Å². The fourth-order valence-electron chi connectivity index (χ4n) is 2.43. The number of nitrogens with one attached hydrogen (secondary N) is 1. The smallest absolute Gasteiger partial charge is 0.188 e. The summed E-state index contributed by atoms with van der Waals surface area (Å²) in [4.78, 5) is 12.9. The van der Waals surface area contributed by atoms with Gasteiger partial charge in [-0.15, -0.1) is 11.3 Å². The summed E-state index contributed by atoms with van der Waals surface area (Å²) in [7, 11) is -2.21. The second-order valence-electron chi connectivity index (χ2n) is 6.45. The van der Waals surface area contributed by atoms with Gasteiger partial charge in [-0.2, -0.15) is 0 Å². The number of aromatic nitrogens is 3. The van der Waals surface area contributed by atoms with Crippen LogP contribution in [0.3, 0.4) is 0 Å². The van der Waals surface area contributed by atoms with E-state index in [-0.39, 0.29) is 0 Å². The van der Waals surface area contributed by atoms with Gasteiger partial charge in [0.2, 0.25) is 0 Å². The van der Waals surface area contributed by atoms with Gasteiger partial charge in [0.25, 0.3) is 0 Å². The highest BCUT2D eigenvalue weighted by Crippen LogP contribution is 2.41. The molecule has 0 saturated carbocycles. The van der Waals surface area contributed by atoms with Crippen LogP contribution in [0.15, 0.2) is 29.9 Å². The van der Waals surface area contributed by atoms with E-state index in [9.17, 15) is 13.3 Å². The number of thiazole rings is 1. The van der Waals surface area contributed by atoms with Gasteiger partial charge in [-0.3, -0.25) is 0 Å². The zero-order valence-electron chi connectivity index (χ0n) is 14.9. The van der Waals surface area contributed by atoms with Crippen molar-refractivity contribution in [3.8, 4) is 5.75 Å². The van der Waals surface area contributed by atoms with Gasteiger partial charge in [0.1, 0.15) is 31.2 Å². The quantitative estimate of drug-likeness (QED) is 0.543. The van der Waals surface area contributed by atoms with E-state index < -0.39 is 26.6 Å². The van der Waals surface area contributed by atoms with E-state index >= 15 is 0 Å². The predicted octanol–water partition coefficient (Wildman–Crippen LogP) is 4.64. The van der Waals surface area contributed by atoms with Crippen molar-refractivity contribution in [3.05, 3.63) is 35.6 Å². The third-order valence-corrected chi connectivity index (χ3v) is 5.47. The molecule has 0 aliphatic heterocycles. The highest BCUT2D eigenvalue weighted by atomic mass is 32.1. The zero-order chi connectivity index (χ0) is 19.4. The molecule has 0 saturated heterocycles. The predicted molar refractivity (Wildman–Crippen MR) is 104 cm³/mol. The Morgan fingerprint density at radius 3 is 2.74 bits per heavy atom. The molecular formula is C17H19F2N4O2PS. The minimum atomic E-state index is -2.21. The molecule has 0 amide bonds. The van der Waals surface area contributed by atoms with E-state index in [1.54, 1.807) is 31.5 Å². The number of anilines is 2. The van der Waals surface area contributed by atoms with Crippen LogP contribution in [0, 0.1) is 0 Å². The fraction of sp³-hybridized carbons (Fsp3) is 0.353. The van der Waals surface area contributed by atoms with Crippen LogP contribution in [0.25, 0.3) is 10.9 Å². The Bertz CT molecular complexity index is 974.